The maximum absolute atomic E-state index is 12.8. The highest BCUT2D eigenvalue weighted by Crippen LogP contribution is 2.55. The smallest absolute Gasteiger partial charge is 0.307 e. The van der Waals surface area contributed by atoms with Crippen molar-refractivity contribution in [1.29, 1.82) is 0 Å². The maximum atomic E-state index is 12.8. The highest BCUT2D eigenvalue weighted by molar-refractivity contribution is 7.95. The fraction of sp³-hybridized carbons (Fsp3) is 0.114. The van der Waals surface area contributed by atoms with Crippen LogP contribution in [0, 0.1) is 0 Å². The first kappa shape index (κ1) is 29.4. The van der Waals surface area contributed by atoms with E-state index in [-0.39, 0.29) is 11.3 Å². The second kappa shape index (κ2) is 13.7. The molecule has 0 spiro atoms. The molecule has 0 heterocycles. The van der Waals surface area contributed by atoms with Gasteiger partial charge < -0.3 is 4.74 Å². The third-order valence-corrected chi connectivity index (χ3v) is 13.1. The van der Waals surface area contributed by atoms with Gasteiger partial charge >= 0.3 is 5.97 Å². The Hall–Kier alpha value is -4.09. The second-order valence-electron chi connectivity index (χ2n) is 9.84. The molecule has 0 saturated carbocycles. The Labute approximate surface area is 248 Å². The molecular weight excluding hydrogens is 561 g/mol. The minimum absolute atomic E-state index is 0.112. The van der Waals surface area contributed by atoms with Crippen molar-refractivity contribution in [3.8, 4) is 11.1 Å². The van der Waals surface area contributed by atoms with Crippen LogP contribution in [0.25, 0.3) is 11.1 Å². The monoisotopic (exact) mass is 594 g/mol. The molecule has 0 unspecified atom stereocenters. The van der Waals surface area contributed by atoms with Crippen LogP contribution < -0.4 is 20.6 Å². The molecule has 0 bridgehead atoms. The van der Waals surface area contributed by atoms with Crippen molar-refractivity contribution in [2.75, 3.05) is 12.9 Å². The summed E-state index contributed by atoms with van der Waals surface area (Å²) in [6, 6.07) is 47.8. The van der Waals surface area contributed by atoms with E-state index in [9.17, 15) is 13.2 Å². The van der Waals surface area contributed by atoms with Gasteiger partial charge in [-0.05, 0) is 66.1 Å². The van der Waals surface area contributed by atoms with Crippen LogP contribution in [0.15, 0.2) is 150 Å². The Morgan fingerprint density at radius 1 is 0.595 bits per heavy atom. The van der Waals surface area contributed by atoms with Gasteiger partial charge in [-0.15, -0.1) is 0 Å². The van der Waals surface area contributed by atoms with Crippen LogP contribution in [0.1, 0.15) is 12.8 Å². The Bertz CT molecular complexity index is 1580. The standard InChI is InChI=1S/C35H33NO4PS/c37-35(40-28-36-42(38,39)34-25-23-30(24-26-34)29-14-5-1-6-15-29)22-13-27-41(31-16-7-2-8-17-31,32-18-9-3-10-19-32)33-20-11-4-12-21-33/h1-12,14-21,23-26,36H,13,22,27-28H2/q+1. The van der Waals surface area contributed by atoms with Gasteiger partial charge in [-0.2, -0.15) is 4.72 Å². The first-order valence-corrected chi connectivity index (χ1v) is 17.3. The summed E-state index contributed by atoms with van der Waals surface area (Å²) in [6.45, 7) is -0.419. The topological polar surface area (TPSA) is 72.5 Å². The number of rotatable bonds is 12. The fourth-order valence-electron chi connectivity index (χ4n) is 5.14. The number of benzene rings is 5. The second-order valence-corrected chi connectivity index (χ2v) is 15.2. The lowest BCUT2D eigenvalue weighted by Gasteiger charge is -2.27. The van der Waals surface area contributed by atoms with Crippen LogP contribution in [-0.4, -0.2) is 27.3 Å². The van der Waals surface area contributed by atoms with Gasteiger partial charge in [-0.1, -0.05) is 97.1 Å². The Balaban J connectivity index is 1.23. The van der Waals surface area contributed by atoms with E-state index >= 15 is 0 Å². The van der Waals surface area contributed by atoms with Crippen molar-refractivity contribution < 1.29 is 17.9 Å². The first-order chi connectivity index (χ1) is 20.5. The highest BCUT2D eigenvalue weighted by Gasteiger charge is 2.44. The lowest BCUT2D eigenvalue weighted by atomic mass is 10.1. The zero-order valence-electron chi connectivity index (χ0n) is 23.2. The van der Waals surface area contributed by atoms with Crippen LogP contribution in [0.3, 0.4) is 0 Å². The van der Waals surface area contributed by atoms with Gasteiger partial charge in [-0.3, -0.25) is 4.79 Å². The van der Waals surface area contributed by atoms with Crippen molar-refractivity contribution in [3.05, 3.63) is 146 Å². The molecule has 5 aromatic carbocycles. The molecule has 0 aliphatic carbocycles. The highest BCUT2D eigenvalue weighted by atomic mass is 32.2. The number of esters is 1. The van der Waals surface area contributed by atoms with Crippen molar-refractivity contribution in [2.45, 2.75) is 17.7 Å². The molecule has 0 atom stereocenters. The van der Waals surface area contributed by atoms with E-state index in [1.165, 1.54) is 15.9 Å². The van der Waals surface area contributed by atoms with E-state index < -0.39 is 30.0 Å². The number of hydrogen-bond acceptors (Lipinski definition) is 4. The van der Waals surface area contributed by atoms with Gasteiger partial charge in [-0.25, -0.2) is 8.42 Å². The third-order valence-electron chi connectivity index (χ3n) is 7.22. The van der Waals surface area contributed by atoms with Gasteiger partial charge in [0.15, 0.2) is 6.73 Å². The normalized spacial score (nSPS) is 11.6. The number of ether oxygens (including phenoxy) is 1. The summed E-state index contributed by atoms with van der Waals surface area (Å²) in [5.74, 6) is -0.440. The minimum atomic E-state index is -3.83. The molecule has 0 aromatic heterocycles. The summed E-state index contributed by atoms with van der Waals surface area (Å²) in [5, 5.41) is 3.76. The maximum Gasteiger partial charge on any atom is 0.307 e. The number of carbonyl (C=O) groups excluding carboxylic acids is 1. The predicted molar refractivity (Wildman–Crippen MR) is 172 cm³/mol. The molecule has 0 radical (unpaired) electrons. The van der Waals surface area contributed by atoms with Crippen LogP contribution in [-0.2, 0) is 19.6 Å². The lowest BCUT2D eigenvalue weighted by molar-refractivity contribution is -0.143. The number of hydrogen-bond donors (Lipinski definition) is 1. The van der Waals surface area contributed by atoms with Crippen molar-refractivity contribution in [3.63, 3.8) is 0 Å². The summed E-state index contributed by atoms with van der Waals surface area (Å²) < 4.78 is 33.3. The molecule has 0 fully saturated rings. The Kier molecular flexibility index (Phi) is 9.60. The van der Waals surface area contributed by atoms with Gasteiger partial charge in [0.05, 0.1) is 11.1 Å². The first-order valence-electron chi connectivity index (χ1n) is 13.8. The van der Waals surface area contributed by atoms with Crippen LogP contribution in [0.2, 0.25) is 0 Å². The summed E-state index contributed by atoms with van der Waals surface area (Å²) in [4.78, 5) is 12.8. The van der Waals surface area contributed by atoms with E-state index in [0.29, 0.717) is 6.42 Å². The molecule has 5 rings (SSSR count). The molecule has 0 aliphatic rings. The molecule has 7 heteroatoms. The van der Waals surface area contributed by atoms with Crippen LogP contribution in [0.4, 0.5) is 0 Å². The van der Waals surface area contributed by atoms with Crippen molar-refractivity contribution in [2.24, 2.45) is 0 Å². The fourth-order valence-corrected chi connectivity index (χ4v) is 10.4. The van der Waals surface area contributed by atoms with Gasteiger partial charge in [0.2, 0.25) is 10.0 Å². The molecule has 5 aromatic rings. The van der Waals surface area contributed by atoms with Crippen LogP contribution in [0.5, 0.6) is 0 Å². The molecule has 5 nitrogen and oxygen atoms in total. The Morgan fingerprint density at radius 2 is 1.02 bits per heavy atom. The lowest BCUT2D eigenvalue weighted by Crippen LogP contribution is -2.33. The average molecular weight is 595 g/mol. The number of carbonyl (C=O) groups is 1. The van der Waals surface area contributed by atoms with E-state index in [1.54, 1.807) is 24.3 Å². The summed E-state index contributed by atoms with van der Waals surface area (Å²) in [6.07, 6.45) is 1.56. The summed E-state index contributed by atoms with van der Waals surface area (Å²) in [5.41, 5.74) is 1.92. The van der Waals surface area contributed by atoms with Gasteiger partial charge in [0.25, 0.3) is 0 Å². The quantitative estimate of drug-likeness (QED) is 0.111. The van der Waals surface area contributed by atoms with E-state index in [1.807, 2.05) is 48.5 Å². The molecular formula is C35H33NO4PS+. The van der Waals surface area contributed by atoms with E-state index in [0.717, 1.165) is 17.3 Å². The summed E-state index contributed by atoms with van der Waals surface area (Å²) >= 11 is 0. The molecule has 42 heavy (non-hydrogen) atoms. The SMILES string of the molecule is O=C(CCC[P+](c1ccccc1)(c1ccccc1)c1ccccc1)OCNS(=O)(=O)c1ccc(-c2ccccc2)cc1. The third kappa shape index (κ3) is 6.85. The zero-order chi connectivity index (χ0) is 29.3. The number of sulfonamides is 1. The summed E-state index contributed by atoms with van der Waals surface area (Å²) in [7, 11) is -5.88. The molecule has 1 N–H and O–H groups in total. The molecule has 0 amide bonds. The minimum Gasteiger partial charge on any atom is -0.449 e. The van der Waals surface area contributed by atoms with E-state index in [2.05, 4.69) is 77.5 Å². The van der Waals surface area contributed by atoms with Gasteiger partial charge in [0, 0.05) is 6.42 Å². The number of nitrogens with one attached hydrogen (secondary N) is 1. The molecule has 0 saturated heterocycles. The van der Waals surface area contributed by atoms with Crippen LogP contribution >= 0.6 is 7.26 Å². The predicted octanol–water partition coefficient (Wildman–Crippen LogP) is 5.91. The van der Waals surface area contributed by atoms with E-state index in [4.69, 9.17) is 4.74 Å². The largest absolute Gasteiger partial charge is 0.449 e. The average Bonchev–Trinajstić information content (AvgIpc) is 3.05. The van der Waals surface area contributed by atoms with Crippen molar-refractivity contribution >= 4 is 39.2 Å². The van der Waals surface area contributed by atoms with Gasteiger partial charge in [0.1, 0.15) is 23.2 Å². The molecule has 212 valence electrons. The van der Waals surface area contributed by atoms with Crippen molar-refractivity contribution in [1.82, 2.24) is 4.72 Å². The Morgan fingerprint density at radius 3 is 1.50 bits per heavy atom. The zero-order valence-corrected chi connectivity index (χ0v) is 24.9. The molecule has 0 aliphatic heterocycles.